The summed E-state index contributed by atoms with van der Waals surface area (Å²) in [6.45, 7) is 3.64. The average Bonchev–Trinajstić information content (AvgIpc) is 2.69. The van der Waals surface area contributed by atoms with Crippen molar-refractivity contribution in [3.05, 3.63) is 39.3 Å². The molecule has 2 heterocycles. The third kappa shape index (κ3) is 3.01. The molecule has 0 saturated carbocycles. The van der Waals surface area contributed by atoms with E-state index in [4.69, 9.17) is 0 Å². The van der Waals surface area contributed by atoms with Crippen LogP contribution in [-0.2, 0) is 11.3 Å². The molecule has 0 aliphatic heterocycles. The van der Waals surface area contributed by atoms with Crippen molar-refractivity contribution >= 4 is 22.4 Å². The molecule has 2 aromatic heterocycles. The normalized spacial score (nSPS) is 10.3. The zero-order chi connectivity index (χ0) is 13.1. The van der Waals surface area contributed by atoms with Gasteiger partial charge in [-0.1, -0.05) is 17.4 Å². The Morgan fingerprint density at radius 3 is 2.83 bits per heavy atom. The first-order chi connectivity index (χ1) is 8.54. The molecule has 18 heavy (non-hydrogen) atoms. The highest BCUT2D eigenvalue weighted by atomic mass is 32.1. The maximum absolute atomic E-state index is 11.7. The molecule has 0 unspecified atom stereocenters. The summed E-state index contributed by atoms with van der Waals surface area (Å²) in [5.41, 5.74) is 0.721. The van der Waals surface area contributed by atoms with Crippen molar-refractivity contribution in [1.82, 2.24) is 14.8 Å². The highest BCUT2D eigenvalue weighted by Gasteiger charge is 2.08. The molecule has 0 radical (unpaired) electrons. The van der Waals surface area contributed by atoms with E-state index >= 15 is 0 Å². The number of amides is 1. The SMILES string of the molecule is Cc1ccc(=O)n(CC(=O)Nc2nnc(C)s2)c1. The van der Waals surface area contributed by atoms with Crippen LogP contribution in [0.15, 0.2) is 23.1 Å². The van der Waals surface area contributed by atoms with E-state index in [1.165, 1.54) is 22.0 Å². The van der Waals surface area contributed by atoms with E-state index in [2.05, 4.69) is 15.5 Å². The summed E-state index contributed by atoms with van der Waals surface area (Å²) in [6.07, 6.45) is 1.65. The van der Waals surface area contributed by atoms with Crippen LogP contribution in [0.5, 0.6) is 0 Å². The summed E-state index contributed by atoms with van der Waals surface area (Å²) in [6, 6.07) is 3.16. The van der Waals surface area contributed by atoms with E-state index in [0.29, 0.717) is 5.13 Å². The van der Waals surface area contributed by atoms with Crippen molar-refractivity contribution < 1.29 is 4.79 Å². The molecule has 2 aromatic rings. The van der Waals surface area contributed by atoms with Gasteiger partial charge in [0.15, 0.2) is 0 Å². The van der Waals surface area contributed by atoms with Gasteiger partial charge in [-0.25, -0.2) is 0 Å². The van der Waals surface area contributed by atoms with Crippen LogP contribution in [0.4, 0.5) is 5.13 Å². The van der Waals surface area contributed by atoms with Gasteiger partial charge in [0.1, 0.15) is 11.6 Å². The zero-order valence-corrected chi connectivity index (χ0v) is 10.8. The van der Waals surface area contributed by atoms with Crippen molar-refractivity contribution in [2.75, 3.05) is 5.32 Å². The first-order valence-electron chi connectivity index (χ1n) is 5.31. The van der Waals surface area contributed by atoms with Gasteiger partial charge < -0.3 is 4.57 Å². The van der Waals surface area contributed by atoms with Crippen LogP contribution in [0.2, 0.25) is 0 Å². The van der Waals surface area contributed by atoms with Crippen LogP contribution in [0.25, 0.3) is 0 Å². The van der Waals surface area contributed by atoms with Gasteiger partial charge in [-0.05, 0) is 19.4 Å². The van der Waals surface area contributed by atoms with Crippen LogP contribution < -0.4 is 10.9 Å². The summed E-state index contributed by atoms with van der Waals surface area (Å²) < 4.78 is 1.36. The maximum Gasteiger partial charge on any atom is 0.251 e. The van der Waals surface area contributed by atoms with Crippen molar-refractivity contribution in [2.24, 2.45) is 0 Å². The zero-order valence-electron chi connectivity index (χ0n) is 10.0. The number of rotatable bonds is 3. The van der Waals surface area contributed by atoms with Crippen molar-refractivity contribution in [1.29, 1.82) is 0 Å². The maximum atomic E-state index is 11.7. The lowest BCUT2D eigenvalue weighted by atomic mass is 10.3. The predicted molar refractivity (Wildman–Crippen MR) is 68.7 cm³/mol. The third-order valence-corrected chi connectivity index (χ3v) is 2.97. The predicted octanol–water partition coefficient (Wildman–Crippen LogP) is 0.955. The van der Waals surface area contributed by atoms with E-state index in [-0.39, 0.29) is 18.0 Å². The second kappa shape index (κ2) is 5.09. The smallest absolute Gasteiger partial charge is 0.251 e. The van der Waals surface area contributed by atoms with Gasteiger partial charge in [-0.15, -0.1) is 10.2 Å². The Balaban J connectivity index is 2.07. The summed E-state index contributed by atoms with van der Waals surface area (Å²) in [5.74, 6) is -0.293. The molecule has 6 nitrogen and oxygen atoms in total. The largest absolute Gasteiger partial charge is 0.306 e. The Morgan fingerprint density at radius 1 is 1.39 bits per heavy atom. The summed E-state index contributed by atoms with van der Waals surface area (Å²) in [7, 11) is 0. The fourth-order valence-corrected chi connectivity index (χ4v) is 2.04. The Morgan fingerprint density at radius 2 is 2.17 bits per heavy atom. The number of carbonyl (C=O) groups is 1. The lowest BCUT2D eigenvalue weighted by molar-refractivity contribution is -0.116. The first-order valence-corrected chi connectivity index (χ1v) is 6.13. The number of hydrogen-bond acceptors (Lipinski definition) is 5. The van der Waals surface area contributed by atoms with Gasteiger partial charge in [0.05, 0.1) is 0 Å². The van der Waals surface area contributed by atoms with Gasteiger partial charge in [-0.2, -0.15) is 0 Å². The topological polar surface area (TPSA) is 76.9 Å². The summed E-state index contributed by atoms with van der Waals surface area (Å²) >= 11 is 1.29. The minimum atomic E-state index is -0.293. The average molecular weight is 264 g/mol. The number of nitrogens with zero attached hydrogens (tertiary/aromatic N) is 3. The molecular weight excluding hydrogens is 252 g/mol. The Labute approximate surface area is 107 Å². The molecule has 0 atom stereocenters. The standard InChI is InChI=1S/C11H12N4O2S/c1-7-3-4-10(17)15(5-7)6-9(16)12-11-14-13-8(2)18-11/h3-5H,6H2,1-2H3,(H,12,14,16). The number of aromatic nitrogens is 3. The number of carbonyl (C=O) groups excluding carboxylic acids is 1. The number of hydrogen-bond donors (Lipinski definition) is 1. The van der Waals surface area contributed by atoms with Gasteiger partial charge in [0.2, 0.25) is 11.0 Å². The van der Waals surface area contributed by atoms with E-state index in [1.807, 2.05) is 6.92 Å². The van der Waals surface area contributed by atoms with Gasteiger partial charge in [-0.3, -0.25) is 14.9 Å². The lowest BCUT2D eigenvalue weighted by Crippen LogP contribution is -2.26. The van der Waals surface area contributed by atoms with Gasteiger partial charge >= 0.3 is 0 Å². The minimum absolute atomic E-state index is 0.0286. The monoisotopic (exact) mass is 264 g/mol. The van der Waals surface area contributed by atoms with E-state index < -0.39 is 0 Å². The van der Waals surface area contributed by atoms with Gasteiger partial charge in [0, 0.05) is 12.3 Å². The molecule has 1 amide bonds. The number of aryl methyl sites for hydroxylation is 2. The Kier molecular flexibility index (Phi) is 3.52. The molecular formula is C11H12N4O2S. The van der Waals surface area contributed by atoms with Crippen molar-refractivity contribution in [3.8, 4) is 0 Å². The van der Waals surface area contributed by atoms with E-state index in [0.717, 1.165) is 10.6 Å². The molecule has 0 aromatic carbocycles. The lowest BCUT2D eigenvalue weighted by Gasteiger charge is -2.05. The van der Waals surface area contributed by atoms with Crippen LogP contribution in [-0.4, -0.2) is 20.7 Å². The Bertz CT molecular complexity index is 632. The number of pyridine rings is 1. The molecule has 0 fully saturated rings. The Hall–Kier alpha value is -2.02. The molecule has 0 saturated heterocycles. The van der Waals surface area contributed by atoms with E-state index in [1.54, 1.807) is 19.2 Å². The van der Waals surface area contributed by atoms with Crippen LogP contribution in [0.3, 0.4) is 0 Å². The summed E-state index contributed by atoms with van der Waals surface area (Å²) in [5, 5.41) is 11.4. The fraction of sp³-hybridized carbons (Fsp3) is 0.273. The second-order valence-corrected chi connectivity index (χ2v) is 5.03. The first kappa shape index (κ1) is 12.4. The van der Waals surface area contributed by atoms with Crippen LogP contribution in [0, 0.1) is 13.8 Å². The molecule has 1 N–H and O–H groups in total. The molecule has 0 aliphatic rings. The quantitative estimate of drug-likeness (QED) is 0.895. The van der Waals surface area contributed by atoms with Gasteiger partial charge in [0.25, 0.3) is 5.56 Å². The molecule has 0 spiro atoms. The minimum Gasteiger partial charge on any atom is -0.306 e. The molecule has 0 bridgehead atoms. The van der Waals surface area contributed by atoms with E-state index in [9.17, 15) is 9.59 Å². The molecule has 7 heteroatoms. The van der Waals surface area contributed by atoms with Crippen LogP contribution >= 0.6 is 11.3 Å². The van der Waals surface area contributed by atoms with Crippen molar-refractivity contribution in [2.45, 2.75) is 20.4 Å². The highest BCUT2D eigenvalue weighted by Crippen LogP contribution is 2.13. The molecule has 94 valence electrons. The number of anilines is 1. The van der Waals surface area contributed by atoms with Crippen molar-refractivity contribution in [3.63, 3.8) is 0 Å². The fourth-order valence-electron chi connectivity index (χ4n) is 1.44. The number of nitrogens with one attached hydrogen (secondary N) is 1. The van der Waals surface area contributed by atoms with Crippen LogP contribution in [0.1, 0.15) is 10.6 Å². The third-order valence-electron chi connectivity index (χ3n) is 2.22. The molecule has 2 rings (SSSR count). The summed E-state index contributed by atoms with van der Waals surface area (Å²) in [4.78, 5) is 23.2. The second-order valence-electron chi connectivity index (χ2n) is 3.85. The highest BCUT2D eigenvalue weighted by molar-refractivity contribution is 7.15. The molecule has 0 aliphatic carbocycles.